The van der Waals surface area contributed by atoms with Crippen molar-refractivity contribution in [1.29, 1.82) is 0 Å². The van der Waals surface area contributed by atoms with Gasteiger partial charge in [0.25, 0.3) is 0 Å². The van der Waals surface area contributed by atoms with E-state index in [2.05, 4.69) is 26.0 Å². The second-order valence-corrected chi connectivity index (χ2v) is 7.75. The number of nitrogens with one attached hydrogen (secondary N) is 2. The summed E-state index contributed by atoms with van der Waals surface area (Å²) in [5.74, 6) is 0. The molecule has 1 fully saturated rings. The van der Waals surface area contributed by atoms with Crippen molar-refractivity contribution in [2.45, 2.75) is 23.8 Å². The molecule has 1 aromatic rings. The predicted octanol–water partition coefficient (Wildman–Crippen LogP) is 2.79. The van der Waals surface area contributed by atoms with Crippen molar-refractivity contribution in [2.24, 2.45) is 0 Å². The van der Waals surface area contributed by atoms with Gasteiger partial charge >= 0.3 is 0 Å². The molecule has 1 aromatic carbocycles. The smallest absolute Gasteiger partial charge is 0.242 e. The zero-order valence-corrected chi connectivity index (χ0v) is 13.8. The maximum absolute atomic E-state index is 12.2. The van der Waals surface area contributed by atoms with Crippen molar-refractivity contribution >= 4 is 49.2 Å². The zero-order chi connectivity index (χ0) is 14.0. The van der Waals surface area contributed by atoms with Gasteiger partial charge < -0.3 is 5.32 Å². The molecule has 19 heavy (non-hydrogen) atoms. The number of sulfonamides is 1. The second-order valence-electron chi connectivity index (χ2n) is 4.34. The highest BCUT2D eigenvalue weighted by Crippen LogP contribution is 2.31. The first-order chi connectivity index (χ1) is 8.90. The van der Waals surface area contributed by atoms with Gasteiger partial charge in [-0.05, 0) is 47.4 Å². The molecule has 0 aliphatic carbocycles. The Morgan fingerprint density at radius 2 is 2.11 bits per heavy atom. The molecule has 2 N–H and O–H groups in total. The van der Waals surface area contributed by atoms with Crippen LogP contribution in [0.3, 0.4) is 0 Å². The average molecular weight is 388 g/mol. The molecule has 0 aromatic heterocycles. The summed E-state index contributed by atoms with van der Waals surface area (Å²) in [6.07, 6.45) is 2.04. The third kappa shape index (κ3) is 3.83. The minimum absolute atomic E-state index is 0.0310. The molecule has 0 radical (unpaired) electrons. The summed E-state index contributed by atoms with van der Waals surface area (Å²) in [6.45, 7) is 1.29. The summed E-state index contributed by atoms with van der Waals surface area (Å²) in [4.78, 5) is 0.0310. The Kier molecular flexibility index (Phi) is 5.14. The normalized spacial score (nSPS) is 19.8. The lowest BCUT2D eigenvalue weighted by atomic mass is 10.2. The standard InChI is InChI=1S/C11H13BrCl2N2O2S/c12-8-4-11(10(14)5-9(8)13)19(17,18)16-6-7-2-1-3-15-7/h4-5,7,15-16H,1-3,6H2. The lowest BCUT2D eigenvalue weighted by Gasteiger charge is -2.13. The van der Waals surface area contributed by atoms with E-state index in [1.807, 2.05) is 0 Å². The topological polar surface area (TPSA) is 58.2 Å². The summed E-state index contributed by atoms with van der Waals surface area (Å²) >= 11 is 15.0. The molecule has 2 rings (SSSR count). The molecule has 0 spiro atoms. The van der Waals surface area contributed by atoms with E-state index < -0.39 is 10.0 Å². The van der Waals surface area contributed by atoms with Crippen LogP contribution in [0, 0.1) is 0 Å². The largest absolute Gasteiger partial charge is 0.313 e. The quantitative estimate of drug-likeness (QED) is 0.781. The van der Waals surface area contributed by atoms with Gasteiger partial charge in [-0.2, -0.15) is 0 Å². The summed E-state index contributed by atoms with van der Waals surface area (Å²) in [5, 5.41) is 3.71. The lowest BCUT2D eigenvalue weighted by Crippen LogP contribution is -2.37. The van der Waals surface area contributed by atoms with Gasteiger partial charge in [0, 0.05) is 17.1 Å². The SMILES string of the molecule is O=S(=O)(NCC1CCCN1)c1cc(Br)c(Cl)cc1Cl. The highest BCUT2D eigenvalue weighted by Gasteiger charge is 2.22. The Labute approximate surface area is 131 Å². The van der Waals surface area contributed by atoms with Crippen LogP contribution in [0.1, 0.15) is 12.8 Å². The van der Waals surface area contributed by atoms with E-state index in [-0.39, 0.29) is 16.0 Å². The van der Waals surface area contributed by atoms with E-state index in [0.717, 1.165) is 19.4 Å². The number of benzene rings is 1. The Hall–Kier alpha value is 0.150. The molecule has 0 amide bonds. The van der Waals surface area contributed by atoms with Gasteiger partial charge in [0.2, 0.25) is 10.0 Å². The minimum Gasteiger partial charge on any atom is -0.313 e. The van der Waals surface area contributed by atoms with Gasteiger partial charge in [-0.3, -0.25) is 0 Å². The molecule has 1 atom stereocenters. The van der Waals surface area contributed by atoms with Crippen molar-refractivity contribution in [2.75, 3.05) is 13.1 Å². The van der Waals surface area contributed by atoms with E-state index >= 15 is 0 Å². The van der Waals surface area contributed by atoms with Gasteiger partial charge in [0.05, 0.1) is 10.0 Å². The summed E-state index contributed by atoms with van der Waals surface area (Å²) < 4.78 is 27.4. The first-order valence-electron chi connectivity index (χ1n) is 5.78. The van der Waals surface area contributed by atoms with E-state index in [4.69, 9.17) is 23.2 Å². The highest BCUT2D eigenvalue weighted by molar-refractivity contribution is 9.10. The molecule has 1 saturated heterocycles. The van der Waals surface area contributed by atoms with Crippen molar-refractivity contribution < 1.29 is 8.42 Å². The number of halogens is 3. The molecule has 1 aliphatic heterocycles. The summed E-state index contributed by atoms with van der Waals surface area (Å²) in [5.41, 5.74) is 0. The van der Waals surface area contributed by atoms with Gasteiger partial charge in [0.1, 0.15) is 4.90 Å². The first kappa shape index (κ1) is 15.5. The Bertz CT molecular complexity index is 574. The van der Waals surface area contributed by atoms with Crippen molar-refractivity contribution in [3.05, 3.63) is 26.7 Å². The predicted molar refractivity (Wildman–Crippen MR) is 80.4 cm³/mol. The molecule has 1 aliphatic rings. The van der Waals surface area contributed by atoms with E-state index in [0.29, 0.717) is 16.0 Å². The Morgan fingerprint density at radius 3 is 2.74 bits per heavy atom. The lowest BCUT2D eigenvalue weighted by molar-refractivity contribution is 0.552. The fraction of sp³-hybridized carbons (Fsp3) is 0.455. The average Bonchev–Trinajstić information content (AvgIpc) is 2.84. The second kappa shape index (κ2) is 6.28. The number of rotatable bonds is 4. The van der Waals surface area contributed by atoms with Crippen molar-refractivity contribution in [1.82, 2.24) is 10.0 Å². The van der Waals surface area contributed by atoms with E-state index in [1.165, 1.54) is 12.1 Å². The summed E-state index contributed by atoms with van der Waals surface area (Å²) in [7, 11) is -3.63. The van der Waals surface area contributed by atoms with Crippen LogP contribution in [0.25, 0.3) is 0 Å². The fourth-order valence-electron chi connectivity index (χ4n) is 1.93. The maximum Gasteiger partial charge on any atom is 0.242 e. The number of hydrogen-bond acceptors (Lipinski definition) is 3. The maximum atomic E-state index is 12.2. The van der Waals surface area contributed by atoms with Crippen LogP contribution in [-0.4, -0.2) is 27.5 Å². The molecule has 4 nitrogen and oxygen atoms in total. The molecule has 0 bridgehead atoms. The highest BCUT2D eigenvalue weighted by atomic mass is 79.9. The summed E-state index contributed by atoms with van der Waals surface area (Å²) in [6, 6.07) is 3.01. The van der Waals surface area contributed by atoms with Crippen LogP contribution in [0.5, 0.6) is 0 Å². The van der Waals surface area contributed by atoms with Gasteiger partial charge in [-0.15, -0.1) is 0 Å². The fourth-order valence-corrected chi connectivity index (χ4v) is 4.28. The van der Waals surface area contributed by atoms with Crippen LogP contribution in [0.2, 0.25) is 10.0 Å². The van der Waals surface area contributed by atoms with Crippen LogP contribution in [0.15, 0.2) is 21.5 Å². The van der Waals surface area contributed by atoms with Gasteiger partial charge in [0.15, 0.2) is 0 Å². The monoisotopic (exact) mass is 386 g/mol. The molecular formula is C11H13BrCl2N2O2S. The molecule has 0 saturated carbocycles. The Morgan fingerprint density at radius 1 is 1.37 bits per heavy atom. The molecular weight excluding hydrogens is 375 g/mol. The van der Waals surface area contributed by atoms with Crippen LogP contribution >= 0.6 is 39.1 Å². The van der Waals surface area contributed by atoms with E-state index in [1.54, 1.807) is 0 Å². The molecule has 1 heterocycles. The first-order valence-corrected chi connectivity index (χ1v) is 8.81. The van der Waals surface area contributed by atoms with Crippen LogP contribution < -0.4 is 10.0 Å². The zero-order valence-electron chi connectivity index (χ0n) is 9.92. The third-order valence-electron chi connectivity index (χ3n) is 2.95. The number of hydrogen-bond donors (Lipinski definition) is 2. The Balaban J connectivity index is 2.16. The van der Waals surface area contributed by atoms with Gasteiger partial charge in [-0.25, -0.2) is 13.1 Å². The molecule has 106 valence electrons. The van der Waals surface area contributed by atoms with Crippen molar-refractivity contribution in [3.8, 4) is 0 Å². The minimum atomic E-state index is -3.63. The third-order valence-corrected chi connectivity index (χ3v) is 6.03. The van der Waals surface area contributed by atoms with E-state index in [9.17, 15) is 8.42 Å². The molecule has 1 unspecified atom stereocenters. The van der Waals surface area contributed by atoms with Crippen molar-refractivity contribution in [3.63, 3.8) is 0 Å². The van der Waals surface area contributed by atoms with Crippen LogP contribution in [-0.2, 0) is 10.0 Å². The van der Waals surface area contributed by atoms with Crippen LogP contribution in [0.4, 0.5) is 0 Å². The molecule has 8 heteroatoms. The van der Waals surface area contributed by atoms with Gasteiger partial charge in [-0.1, -0.05) is 23.2 Å².